The number of H-pyrrole nitrogens is 1. The Morgan fingerprint density at radius 3 is 2.43 bits per heavy atom. The van der Waals surface area contributed by atoms with Crippen LogP contribution < -0.4 is 21.9 Å². The molecule has 0 saturated heterocycles. The van der Waals surface area contributed by atoms with Crippen LogP contribution in [0.2, 0.25) is 5.02 Å². The highest BCUT2D eigenvalue weighted by molar-refractivity contribution is 6.32. The molecule has 1 aromatic carbocycles. The lowest BCUT2D eigenvalue weighted by atomic mass is 10.2. The second kappa shape index (κ2) is 12.3. The van der Waals surface area contributed by atoms with Crippen LogP contribution in [0.15, 0.2) is 33.9 Å². The number of carbonyl (C=O) groups is 2. The summed E-state index contributed by atoms with van der Waals surface area (Å²) in [5.41, 5.74) is 4.65. The number of hydrogen-bond donors (Lipinski definition) is 2. The molecule has 0 aliphatic rings. The van der Waals surface area contributed by atoms with Crippen LogP contribution in [-0.2, 0) is 16.1 Å². The third-order valence-corrected chi connectivity index (χ3v) is 5.53. The van der Waals surface area contributed by atoms with E-state index in [9.17, 15) is 29.3 Å². The lowest BCUT2D eigenvalue weighted by molar-refractivity contribution is -0.384. The highest BCUT2D eigenvalue weighted by Gasteiger charge is 2.26. The number of nitrogens with two attached hydrogens (primary N) is 1. The normalized spacial score (nSPS) is 11.4. The second-order valence-corrected chi connectivity index (χ2v) is 9.80. The number of halogens is 1. The zero-order valence-electron chi connectivity index (χ0n) is 21.4. The molecule has 2 aromatic rings. The molecule has 1 aromatic heterocycles. The first-order chi connectivity index (χ1) is 17.2. The van der Waals surface area contributed by atoms with E-state index in [2.05, 4.69) is 4.98 Å². The zero-order valence-corrected chi connectivity index (χ0v) is 22.1. The fraction of sp³-hybridized carbons (Fsp3) is 0.417. The third kappa shape index (κ3) is 7.53. The fourth-order valence-electron chi connectivity index (χ4n) is 3.50. The molecular formula is C24H31ClN6O6. The average Bonchev–Trinajstić information content (AvgIpc) is 2.79. The lowest BCUT2D eigenvalue weighted by Crippen LogP contribution is -2.46. The number of nitrogen functional groups attached to an aromatic ring is 1. The van der Waals surface area contributed by atoms with Crippen LogP contribution in [0.1, 0.15) is 33.3 Å². The van der Waals surface area contributed by atoms with E-state index in [4.69, 9.17) is 17.3 Å². The Kier molecular flexibility index (Phi) is 9.78. The first-order valence-corrected chi connectivity index (χ1v) is 11.9. The van der Waals surface area contributed by atoms with Crippen LogP contribution in [0.25, 0.3) is 6.08 Å². The van der Waals surface area contributed by atoms with E-state index in [-0.39, 0.29) is 47.1 Å². The predicted octanol–water partition coefficient (Wildman–Crippen LogP) is 2.50. The molecule has 1 heterocycles. The fourth-order valence-corrected chi connectivity index (χ4v) is 3.69. The number of hydrogen-bond acceptors (Lipinski definition) is 7. The Labute approximate surface area is 218 Å². The van der Waals surface area contributed by atoms with Crippen molar-refractivity contribution in [3.05, 3.63) is 65.8 Å². The van der Waals surface area contributed by atoms with Gasteiger partial charge in [0.25, 0.3) is 11.2 Å². The molecule has 0 fully saturated rings. The van der Waals surface area contributed by atoms with E-state index >= 15 is 0 Å². The van der Waals surface area contributed by atoms with Gasteiger partial charge in [-0.15, -0.1) is 0 Å². The molecule has 0 spiro atoms. The summed E-state index contributed by atoms with van der Waals surface area (Å²) in [5, 5.41) is 11.0. The van der Waals surface area contributed by atoms with Crippen molar-refractivity contribution in [2.24, 2.45) is 11.8 Å². The van der Waals surface area contributed by atoms with Gasteiger partial charge >= 0.3 is 5.69 Å². The Hall–Kier alpha value is -3.93. The number of nitro groups is 1. The Balaban J connectivity index is 2.32. The number of aromatic amines is 1. The number of carbonyl (C=O) groups excluding carboxylic acids is 2. The second-order valence-electron chi connectivity index (χ2n) is 9.39. The number of amides is 2. The minimum Gasteiger partial charge on any atom is -0.383 e. The average molecular weight is 535 g/mol. The van der Waals surface area contributed by atoms with E-state index in [0.29, 0.717) is 5.56 Å². The standard InChI is InChI=1S/C24H31ClN6O6/c1-14(2)11-29(21-22(26)30(12-15(3)4)24(35)27-23(21)34)20(33)13-28(5)19(32)9-7-16-6-8-17(25)18(10-16)31(36)37/h6-10,14-15H,11-13,26H2,1-5H3,(H,27,34,35)/b9-7+. The minimum atomic E-state index is -0.797. The number of nitrogens with zero attached hydrogens (tertiary/aromatic N) is 4. The van der Waals surface area contributed by atoms with Gasteiger partial charge in [0, 0.05) is 32.3 Å². The van der Waals surface area contributed by atoms with Gasteiger partial charge in [0.05, 0.1) is 4.92 Å². The highest BCUT2D eigenvalue weighted by Crippen LogP contribution is 2.25. The topological polar surface area (TPSA) is 165 Å². The van der Waals surface area contributed by atoms with Crippen molar-refractivity contribution < 1.29 is 14.5 Å². The van der Waals surface area contributed by atoms with Gasteiger partial charge in [-0.25, -0.2) is 4.79 Å². The number of anilines is 2. The Morgan fingerprint density at radius 1 is 1.22 bits per heavy atom. The van der Waals surface area contributed by atoms with Gasteiger partial charge < -0.3 is 15.5 Å². The van der Waals surface area contributed by atoms with E-state index < -0.39 is 34.5 Å². The molecular weight excluding hydrogens is 504 g/mol. The molecule has 3 N–H and O–H groups in total. The van der Waals surface area contributed by atoms with Crippen LogP contribution in [0, 0.1) is 22.0 Å². The van der Waals surface area contributed by atoms with Crippen molar-refractivity contribution in [2.45, 2.75) is 34.2 Å². The largest absolute Gasteiger partial charge is 0.383 e. The first-order valence-electron chi connectivity index (χ1n) is 11.5. The molecule has 200 valence electrons. The van der Waals surface area contributed by atoms with Gasteiger partial charge in [0.2, 0.25) is 11.8 Å². The van der Waals surface area contributed by atoms with Crippen molar-refractivity contribution in [1.29, 1.82) is 0 Å². The zero-order chi connectivity index (χ0) is 28.0. The summed E-state index contributed by atoms with van der Waals surface area (Å²) >= 11 is 5.81. The van der Waals surface area contributed by atoms with Crippen molar-refractivity contribution >= 4 is 46.7 Å². The molecule has 0 aliphatic carbocycles. The van der Waals surface area contributed by atoms with Crippen LogP contribution in [0.4, 0.5) is 17.2 Å². The summed E-state index contributed by atoms with van der Waals surface area (Å²) in [7, 11) is 1.40. The summed E-state index contributed by atoms with van der Waals surface area (Å²) in [6, 6.07) is 4.08. The maximum atomic E-state index is 13.3. The molecule has 0 saturated carbocycles. The van der Waals surface area contributed by atoms with Gasteiger partial charge in [-0.2, -0.15) is 0 Å². The number of benzene rings is 1. The molecule has 2 amide bonds. The maximum absolute atomic E-state index is 13.3. The number of likely N-dealkylation sites (N-methyl/N-ethyl adjacent to an activating group) is 1. The van der Waals surface area contributed by atoms with Gasteiger partial charge in [-0.05, 0) is 29.5 Å². The van der Waals surface area contributed by atoms with E-state index in [1.54, 1.807) is 0 Å². The Morgan fingerprint density at radius 2 is 1.86 bits per heavy atom. The van der Waals surface area contributed by atoms with Crippen molar-refractivity contribution in [3.8, 4) is 0 Å². The van der Waals surface area contributed by atoms with Crippen LogP contribution in [0.5, 0.6) is 0 Å². The summed E-state index contributed by atoms with van der Waals surface area (Å²) in [6.45, 7) is 7.42. The number of rotatable bonds is 10. The van der Waals surface area contributed by atoms with E-state index in [1.165, 1.54) is 40.8 Å². The Bertz CT molecular complexity index is 1330. The lowest BCUT2D eigenvalue weighted by Gasteiger charge is -2.28. The SMILES string of the molecule is CC(C)CN(C(=O)CN(C)C(=O)/C=C/c1ccc(Cl)c([N+](=O)[O-])c1)c1c(N)n(CC(C)C)c(=O)[nH]c1=O. The number of nitro benzene ring substituents is 1. The first kappa shape index (κ1) is 29.3. The van der Waals surface area contributed by atoms with Crippen molar-refractivity contribution in [1.82, 2.24) is 14.5 Å². The van der Waals surface area contributed by atoms with Crippen molar-refractivity contribution in [3.63, 3.8) is 0 Å². The van der Waals surface area contributed by atoms with E-state index in [1.807, 2.05) is 27.7 Å². The van der Waals surface area contributed by atoms with Crippen LogP contribution in [0.3, 0.4) is 0 Å². The van der Waals surface area contributed by atoms with Crippen LogP contribution >= 0.6 is 11.6 Å². The van der Waals surface area contributed by atoms with Gasteiger partial charge in [0.15, 0.2) is 5.69 Å². The van der Waals surface area contributed by atoms with Crippen LogP contribution in [-0.4, -0.2) is 51.3 Å². The predicted molar refractivity (Wildman–Crippen MR) is 143 cm³/mol. The quantitative estimate of drug-likeness (QED) is 0.268. The van der Waals surface area contributed by atoms with E-state index in [0.717, 1.165) is 11.0 Å². The highest BCUT2D eigenvalue weighted by atomic mass is 35.5. The molecule has 0 unspecified atom stereocenters. The monoisotopic (exact) mass is 534 g/mol. The third-order valence-electron chi connectivity index (χ3n) is 5.21. The molecule has 13 heteroatoms. The number of nitrogens with one attached hydrogen (secondary N) is 1. The molecule has 0 radical (unpaired) electrons. The number of aromatic nitrogens is 2. The van der Waals surface area contributed by atoms with Crippen molar-refractivity contribution in [2.75, 3.05) is 30.8 Å². The maximum Gasteiger partial charge on any atom is 0.330 e. The van der Waals surface area contributed by atoms with Gasteiger partial charge in [-0.1, -0.05) is 45.4 Å². The van der Waals surface area contributed by atoms with Gasteiger partial charge in [-0.3, -0.25) is 34.0 Å². The molecule has 0 bridgehead atoms. The summed E-state index contributed by atoms with van der Waals surface area (Å²) in [6.07, 6.45) is 2.53. The smallest absolute Gasteiger partial charge is 0.330 e. The summed E-state index contributed by atoms with van der Waals surface area (Å²) in [5.74, 6) is -1.27. The molecule has 0 atom stereocenters. The molecule has 37 heavy (non-hydrogen) atoms. The molecule has 2 rings (SSSR count). The summed E-state index contributed by atoms with van der Waals surface area (Å²) < 4.78 is 1.21. The molecule has 0 aliphatic heterocycles. The minimum absolute atomic E-state index is 0.0320. The summed E-state index contributed by atoms with van der Waals surface area (Å²) in [4.78, 5) is 65.9. The van der Waals surface area contributed by atoms with Gasteiger partial charge in [0.1, 0.15) is 17.4 Å². The molecule has 12 nitrogen and oxygen atoms in total.